The van der Waals surface area contributed by atoms with E-state index in [-0.39, 0.29) is 24.3 Å². The third kappa shape index (κ3) is 3.37. The van der Waals surface area contributed by atoms with Gasteiger partial charge in [0.2, 0.25) is 0 Å². The van der Waals surface area contributed by atoms with Crippen LogP contribution in [-0.4, -0.2) is 46.6 Å². The lowest BCUT2D eigenvalue weighted by atomic mass is 9.80. The van der Waals surface area contributed by atoms with Crippen molar-refractivity contribution < 1.29 is 26.3 Å². The quantitative estimate of drug-likeness (QED) is 0.595. The molecule has 0 radical (unpaired) electrons. The standard InChI is InChI=1S/C18H25F6N3/c1-15(2,3)26-7-5-16(6-8-26)13-11-12(17(19,20)21)14(18(22,23)24)27(13)10-9-25(16)4/h11H,5-10H2,1-4H3. The molecule has 0 atom stereocenters. The average molecular weight is 397 g/mol. The van der Waals surface area contributed by atoms with Crippen LogP contribution in [0.2, 0.25) is 0 Å². The van der Waals surface area contributed by atoms with Crippen LogP contribution >= 0.6 is 0 Å². The molecule has 154 valence electrons. The fraction of sp³-hybridized carbons (Fsp3) is 0.778. The van der Waals surface area contributed by atoms with Crippen molar-refractivity contribution in [3.63, 3.8) is 0 Å². The Morgan fingerprint density at radius 1 is 0.852 bits per heavy atom. The van der Waals surface area contributed by atoms with Gasteiger partial charge in [0.05, 0.1) is 11.1 Å². The molecule has 2 aliphatic heterocycles. The van der Waals surface area contributed by atoms with Gasteiger partial charge in [0.1, 0.15) is 5.69 Å². The van der Waals surface area contributed by atoms with Gasteiger partial charge >= 0.3 is 12.4 Å². The highest BCUT2D eigenvalue weighted by Crippen LogP contribution is 2.49. The topological polar surface area (TPSA) is 11.4 Å². The molecular weight excluding hydrogens is 372 g/mol. The summed E-state index contributed by atoms with van der Waals surface area (Å²) in [5.41, 5.74) is -3.88. The molecule has 3 nitrogen and oxygen atoms in total. The summed E-state index contributed by atoms with van der Waals surface area (Å²) in [6.07, 6.45) is -9.09. The molecule has 0 bridgehead atoms. The Morgan fingerprint density at radius 2 is 1.41 bits per heavy atom. The second kappa shape index (κ2) is 6.14. The molecule has 3 heterocycles. The first-order valence-electron chi connectivity index (χ1n) is 9.02. The van der Waals surface area contributed by atoms with Crippen LogP contribution in [0.1, 0.15) is 50.6 Å². The van der Waals surface area contributed by atoms with Gasteiger partial charge in [-0.05, 0) is 46.7 Å². The summed E-state index contributed by atoms with van der Waals surface area (Å²) < 4.78 is 81.7. The number of hydrogen-bond acceptors (Lipinski definition) is 2. The minimum atomic E-state index is -5.05. The summed E-state index contributed by atoms with van der Waals surface area (Å²) in [4.78, 5) is 4.16. The average Bonchev–Trinajstić information content (AvgIpc) is 2.92. The van der Waals surface area contributed by atoms with Gasteiger partial charge in [0, 0.05) is 37.4 Å². The second-order valence-electron chi connectivity index (χ2n) is 8.55. The largest absolute Gasteiger partial charge is 0.432 e. The fourth-order valence-electron chi connectivity index (χ4n) is 4.53. The van der Waals surface area contributed by atoms with Crippen molar-refractivity contribution >= 4 is 0 Å². The third-order valence-corrected chi connectivity index (χ3v) is 6.08. The maximum absolute atomic E-state index is 13.5. The maximum atomic E-state index is 13.5. The highest BCUT2D eigenvalue weighted by Gasteiger charge is 2.53. The van der Waals surface area contributed by atoms with Crippen LogP contribution < -0.4 is 0 Å². The molecule has 1 aromatic heterocycles. The van der Waals surface area contributed by atoms with E-state index in [2.05, 4.69) is 25.7 Å². The van der Waals surface area contributed by atoms with E-state index in [1.807, 2.05) is 4.90 Å². The van der Waals surface area contributed by atoms with Crippen LogP contribution in [0.4, 0.5) is 26.3 Å². The predicted molar refractivity (Wildman–Crippen MR) is 89.3 cm³/mol. The van der Waals surface area contributed by atoms with Gasteiger partial charge in [0.15, 0.2) is 0 Å². The highest BCUT2D eigenvalue weighted by atomic mass is 19.4. The van der Waals surface area contributed by atoms with E-state index in [0.717, 1.165) is 10.6 Å². The van der Waals surface area contributed by atoms with Crippen LogP contribution in [0.5, 0.6) is 0 Å². The Morgan fingerprint density at radius 3 is 1.85 bits per heavy atom. The molecule has 0 amide bonds. The van der Waals surface area contributed by atoms with Crippen molar-refractivity contribution in [2.45, 2.75) is 63.6 Å². The van der Waals surface area contributed by atoms with E-state index in [9.17, 15) is 26.3 Å². The van der Waals surface area contributed by atoms with Gasteiger partial charge in [-0.2, -0.15) is 26.3 Å². The van der Waals surface area contributed by atoms with E-state index >= 15 is 0 Å². The summed E-state index contributed by atoms with van der Waals surface area (Å²) in [6, 6.07) is 0.741. The number of likely N-dealkylation sites (tertiary alicyclic amines) is 1. The van der Waals surface area contributed by atoms with Crippen molar-refractivity contribution in [2.24, 2.45) is 0 Å². The number of nitrogens with zero attached hydrogens (tertiary/aromatic N) is 3. The molecule has 1 spiro atoms. The Hall–Kier alpha value is -1.22. The Balaban J connectivity index is 2.11. The molecule has 27 heavy (non-hydrogen) atoms. The third-order valence-electron chi connectivity index (χ3n) is 6.08. The maximum Gasteiger partial charge on any atom is 0.432 e. The highest BCUT2D eigenvalue weighted by molar-refractivity contribution is 5.38. The van der Waals surface area contributed by atoms with E-state index in [1.54, 1.807) is 7.05 Å². The van der Waals surface area contributed by atoms with Crippen molar-refractivity contribution in [2.75, 3.05) is 26.7 Å². The summed E-state index contributed by atoms with van der Waals surface area (Å²) in [5, 5.41) is 0. The van der Waals surface area contributed by atoms with Crippen LogP contribution in [0.25, 0.3) is 0 Å². The molecule has 0 N–H and O–H groups in total. The summed E-state index contributed by atoms with van der Waals surface area (Å²) >= 11 is 0. The minimum Gasteiger partial charge on any atom is -0.337 e. The fourth-order valence-corrected chi connectivity index (χ4v) is 4.53. The van der Waals surface area contributed by atoms with E-state index in [0.29, 0.717) is 25.9 Å². The van der Waals surface area contributed by atoms with Crippen LogP contribution in [-0.2, 0) is 24.4 Å². The number of alkyl halides is 6. The van der Waals surface area contributed by atoms with Gasteiger partial charge in [-0.1, -0.05) is 0 Å². The predicted octanol–water partition coefficient (Wildman–Crippen LogP) is 4.56. The molecule has 2 aliphatic rings. The number of fused-ring (bicyclic) bond motifs is 2. The first-order chi connectivity index (χ1) is 12.2. The SMILES string of the molecule is CN1CCn2c(cc(C(F)(F)F)c2C(F)(F)F)C12CCN(C(C)(C)C)CC2. The van der Waals surface area contributed by atoms with Crippen LogP contribution in [0.15, 0.2) is 6.07 Å². The number of piperidine rings is 1. The zero-order valence-electron chi connectivity index (χ0n) is 15.9. The summed E-state index contributed by atoms with van der Waals surface area (Å²) in [5.74, 6) is 0. The van der Waals surface area contributed by atoms with Crippen LogP contribution in [0.3, 0.4) is 0 Å². The van der Waals surface area contributed by atoms with Crippen molar-refractivity contribution in [1.29, 1.82) is 0 Å². The zero-order chi connectivity index (χ0) is 20.4. The molecular formula is C18H25F6N3. The summed E-state index contributed by atoms with van der Waals surface area (Å²) in [7, 11) is 1.80. The van der Waals surface area contributed by atoms with Gasteiger partial charge < -0.3 is 4.57 Å². The molecule has 0 unspecified atom stereocenters. The number of rotatable bonds is 0. The normalized spacial score (nSPS) is 22.3. The molecule has 0 aliphatic carbocycles. The molecule has 0 saturated carbocycles. The monoisotopic (exact) mass is 397 g/mol. The van der Waals surface area contributed by atoms with Gasteiger partial charge in [-0.3, -0.25) is 9.80 Å². The number of likely N-dealkylation sites (N-methyl/N-ethyl adjacent to an activating group) is 1. The molecule has 1 saturated heterocycles. The van der Waals surface area contributed by atoms with E-state index < -0.39 is 29.1 Å². The van der Waals surface area contributed by atoms with Gasteiger partial charge in [0.25, 0.3) is 0 Å². The molecule has 3 rings (SSSR count). The zero-order valence-corrected chi connectivity index (χ0v) is 15.9. The van der Waals surface area contributed by atoms with Crippen molar-refractivity contribution in [3.8, 4) is 0 Å². The summed E-state index contributed by atoms with van der Waals surface area (Å²) in [6.45, 7) is 7.62. The lowest BCUT2D eigenvalue weighted by Gasteiger charge is -2.52. The van der Waals surface area contributed by atoms with Gasteiger partial charge in [-0.15, -0.1) is 0 Å². The van der Waals surface area contributed by atoms with Crippen LogP contribution in [0, 0.1) is 0 Å². The Bertz CT molecular complexity index is 702. The first kappa shape index (κ1) is 20.5. The number of halogens is 6. The Kier molecular flexibility index (Phi) is 4.66. The van der Waals surface area contributed by atoms with Gasteiger partial charge in [-0.25, -0.2) is 0 Å². The molecule has 9 heteroatoms. The minimum absolute atomic E-state index is 0.0922. The lowest BCUT2D eigenvalue weighted by Crippen LogP contribution is -2.58. The molecule has 1 fully saturated rings. The van der Waals surface area contributed by atoms with Crippen molar-refractivity contribution in [1.82, 2.24) is 14.4 Å². The van der Waals surface area contributed by atoms with E-state index in [4.69, 9.17) is 0 Å². The second-order valence-corrected chi connectivity index (χ2v) is 8.55. The lowest BCUT2D eigenvalue weighted by molar-refractivity contribution is -0.166. The Labute approximate surface area is 154 Å². The molecule has 1 aromatic rings. The number of hydrogen-bond donors (Lipinski definition) is 0. The number of aromatic nitrogens is 1. The smallest absolute Gasteiger partial charge is 0.337 e. The first-order valence-corrected chi connectivity index (χ1v) is 9.02. The molecule has 0 aromatic carbocycles. The van der Waals surface area contributed by atoms with Crippen molar-refractivity contribution in [3.05, 3.63) is 23.0 Å². The van der Waals surface area contributed by atoms with E-state index in [1.165, 1.54) is 0 Å².